The molecule has 24 heavy (non-hydrogen) atoms. The fourth-order valence-electron chi connectivity index (χ4n) is 2.42. The Kier molecular flexibility index (Phi) is 6.01. The molecule has 2 aromatic rings. The largest absolute Gasteiger partial charge is 0.465 e. The quantitative estimate of drug-likeness (QED) is 0.442. The molecular weight excluding hydrogens is 369 g/mol. The fourth-order valence-corrected chi connectivity index (χ4v) is 3.89. The van der Waals surface area contributed by atoms with Crippen molar-refractivity contribution in [1.29, 1.82) is 0 Å². The van der Waals surface area contributed by atoms with Crippen molar-refractivity contribution in [3.8, 4) is 0 Å². The third-order valence-corrected chi connectivity index (χ3v) is 5.48. The summed E-state index contributed by atoms with van der Waals surface area (Å²) in [6.45, 7) is 5.26. The first-order chi connectivity index (χ1) is 11.3. The van der Waals surface area contributed by atoms with E-state index in [1.54, 1.807) is 39.0 Å². The van der Waals surface area contributed by atoms with Gasteiger partial charge in [-0.2, -0.15) is 0 Å². The second-order valence-corrected chi connectivity index (χ2v) is 7.54. The van der Waals surface area contributed by atoms with Gasteiger partial charge >= 0.3 is 5.97 Å². The van der Waals surface area contributed by atoms with Crippen LogP contribution in [0.1, 0.15) is 39.0 Å². The number of aromatic nitrogens is 1. The highest BCUT2D eigenvalue weighted by Crippen LogP contribution is 2.34. The maximum Gasteiger partial charge on any atom is 0.339 e. The van der Waals surface area contributed by atoms with Gasteiger partial charge in [0.1, 0.15) is 0 Å². The van der Waals surface area contributed by atoms with E-state index in [1.807, 2.05) is 0 Å². The first-order valence-corrected chi connectivity index (χ1v) is 8.83. The van der Waals surface area contributed by atoms with Gasteiger partial charge in [-0.3, -0.25) is 4.79 Å². The molecule has 1 aromatic heterocycles. The molecule has 4 nitrogen and oxygen atoms in total. The van der Waals surface area contributed by atoms with Gasteiger partial charge in [-0.1, -0.05) is 23.2 Å². The van der Waals surface area contributed by atoms with Crippen LogP contribution < -0.4 is 0 Å². The van der Waals surface area contributed by atoms with Crippen molar-refractivity contribution >= 4 is 46.7 Å². The second kappa shape index (κ2) is 7.64. The molecule has 0 saturated carbocycles. The number of ketones is 1. The van der Waals surface area contributed by atoms with Crippen LogP contribution in [0, 0.1) is 13.8 Å². The molecule has 1 heterocycles. The molecule has 128 valence electrons. The maximum absolute atomic E-state index is 12.8. The molecule has 0 aliphatic rings. The molecular formula is C17H17Cl2NO3S. The molecule has 0 spiro atoms. The molecule has 2 rings (SSSR count). The van der Waals surface area contributed by atoms with Gasteiger partial charge in [-0.15, -0.1) is 11.8 Å². The Morgan fingerprint density at radius 1 is 1.25 bits per heavy atom. The third kappa shape index (κ3) is 3.79. The predicted octanol–water partition coefficient (Wildman–Crippen LogP) is 5.09. The predicted molar refractivity (Wildman–Crippen MR) is 97.7 cm³/mol. The lowest BCUT2D eigenvalue weighted by Gasteiger charge is -2.11. The highest BCUT2D eigenvalue weighted by molar-refractivity contribution is 8.00. The number of carbonyl (C=O) groups excluding carboxylic acids is 2. The summed E-state index contributed by atoms with van der Waals surface area (Å²) in [5.41, 5.74) is 2.01. The van der Waals surface area contributed by atoms with Gasteiger partial charge < -0.3 is 9.72 Å². The van der Waals surface area contributed by atoms with Crippen LogP contribution in [0.25, 0.3) is 0 Å². The molecule has 0 bridgehead atoms. The van der Waals surface area contributed by atoms with E-state index < -0.39 is 11.2 Å². The Bertz CT molecular complexity index is 801. The average Bonchev–Trinajstić information content (AvgIpc) is 2.84. The molecule has 0 fully saturated rings. The zero-order valence-electron chi connectivity index (χ0n) is 13.7. The number of esters is 1. The van der Waals surface area contributed by atoms with Crippen molar-refractivity contribution in [3.63, 3.8) is 0 Å². The molecule has 0 radical (unpaired) electrons. The number of carbonyl (C=O) groups is 2. The summed E-state index contributed by atoms with van der Waals surface area (Å²) in [5, 5.41) is 0.698. The van der Waals surface area contributed by atoms with E-state index in [1.165, 1.54) is 18.9 Å². The summed E-state index contributed by atoms with van der Waals surface area (Å²) in [4.78, 5) is 28.3. The number of H-pyrrole nitrogens is 1. The molecule has 0 unspecified atom stereocenters. The Labute approximate surface area is 154 Å². The Morgan fingerprint density at radius 2 is 1.92 bits per heavy atom. The third-order valence-electron chi connectivity index (χ3n) is 3.64. The minimum absolute atomic E-state index is 0.119. The monoisotopic (exact) mass is 385 g/mol. The molecule has 7 heteroatoms. The Balaban J connectivity index is 2.28. The number of hydrogen-bond acceptors (Lipinski definition) is 4. The SMILES string of the molecule is COC(=O)c1c(C)[nH]c(C(=O)[C@@H](C)Sc2cc(Cl)ccc2Cl)c1C. The highest BCUT2D eigenvalue weighted by atomic mass is 35.5. The lowest BCUT2D eigenvalue weighted by Crippen LogP contribution is -2.15. The zero-order chi connectivity index (χ0) is 18.0. The smallest absolute Gasteiger partial charge is 0.339 e. The van der Waals surface area contributed by atoms with Gasteiger partial charge in [0, 0.05) is 15.6 Å². The number of ether oxygens (including phenoxy) is 1. The van der Waals surface area contributed by atoms with Crippen molar-refractivity contribution < 1.29 is 14.3 Å². The van der Waals surface area contributed by atoms with Crippen LogP contribution in [0.5, 0.6) is 0 Å². The minimum atomic E-state index is -0.460. The van der Waals surface area contributed by atoms with Crippen LogP contribution in [-0.2, 0) is 4.74 Å². The standard InChI is InChI=1S/C17H17Cl2NO3S/c1-8-14(17(22)23-4)9(2)20-15(8)16(21)10(3)24-13-7-11(18)5-6-12(13)19/h5-7,10,20H,1-4H3/t10-/m1/s1. The summed E-state index contributed by atoms with van der Waals surface area (Å²) in [5.74, 6) is -0.578. The van der Waals surface area contributed by atoms with Gasteiger partial charge in [0.2, 0.25) is 0 Å². The molecule has 0 aliphatic carbocycles. The van der Waals surface area contributed by atoms with Crippen LogP contribution in [0.3, 0.4) is 0 Å². The number of benzene rings is 1. The molecule has 0 saturated heterocycles. The molecule has 0 amide bonds. The zero-order valence-corrected chi connectivity index (χ0v) is 16.0. The summed E-state index contributed by atoms with van der Waals surface area (Å²) in [6, 6.07) is 5.12. The van der Waals surface area contributed by atoms with Gasteiger partial charge in [0.05, 0.1) is 28.6 Å². The van der Waals surface area contributed by atoms with Crippen molar-refractivity contribution in [1.82, 2.24) is 4.98 Å². The average molecular weight is 386 g/mol. The lowest BCUT2D eigenvalue weighted by atomic mass is 10.1. The van der Waals surface area contributed by atoms with Crippen molar-refractivity contribution in [2.75, 3.05) is 7.11 Å². The molecule has 1 N–H and O–H groups in total. The van der Waals surface area contributed by atoms with E-state index in [4.69, 9.17) is 27.9 Å². The van der Waals surface area contributed by atoms with E-state index in [9.17, 15) is 9.59 Å². The van der Waals surface area contributed by atoms with E-state index >= 15 is 0 Å². The number of methoxy groups -OCH3 is 1. The molecule has 0 aliphatic heterocycles. The fraction of sp³-hybridized carbons (Fsp3) is 0.294. The number of thioether (sulfide) groups is 1. The van der Waals surface area contributed by atoms with E-state index in [0.717, 1.165) is 4.90 Å². The Hall–Kier alpha value is -1.43. The van der Waals surface area contributed by atoms with Crippen LogP contribution in [0.2, 0.25) is 10.0 Å². The topological polar surface area (TPSA) is 59.2 Å². The van der Waals surface area contributed by atoms with E-state index in [0.29, 0.717) is 32.6 Å². The number of hydrogen-bond donors (Lipinski definition) is 1. The number of Topliss-reactive ketones (excluding diaryl/α,β-unsaturated/α-hetero) is 1. The van der Waals surface area contributed by atoms with Crippen molar-refractivity contribution in [2.24, 2.45) is 0 Å². The van der Waals surface area contributed by atoms with Gasteiger partial charge in [0.25, 0.3) is 0 Å². The van der Waals surface area contributed by atoms with Gasteiger partial charge in [-0.05, 0) is 44.5 Å². The number of halogens is 2. The van der Waals surface area contributed by atoms with Crippen LogP contribution in [-0.4, -0.2) is 29.1 Å². The van der Waals surface area contributed by atoms with Crippen LogP contribution in [0.15, 0.2) is 23.1 Å². The number of nitrogens with one attached hydrogen (secondary N) is 1. The van der Waals surface area contributed by atoms with Gasteiger partial charge in [-0.25, -0.2) is 4.79 Å². The summed E-state index contributed by atoms with van der Waals surface area (Å²) in [6.07, 6.45) is 0. The van der Waals surface area contributed by atoms with Gasteiger partial charge in [0.15, 0.2) is 5.78 Å². The second-order valence-electron chi connectivity index (χ2n) is 5.32. The first-order valence-electron chi connectivity index (χ1n) is 7.19. The highest BCUT2D eigenvalue weighted by Gasteiger charge is 2.26. The van der Waals surface area contributed by atoms with Crippen LogP contribution >= 0.6 is 35.0 Å². The van der Waals surface area contributed by atoms with E-state index in [-0.39, 0.29) is 5.78 Å². The summed E-state index contributed by atoms with van der Waals surface area (Å²) in [7, 11) is 1.31. The van der Waals surface area contributed by atoms with Crippen molar-refractivity contribution in [2.45, 2.75) is 30.9 Å². The summed E-state index contributed by atoms with van der Waals surface area (Å²) >= 11 is 13.5. The number of rotatable bonds is 5. The maximum atomic E-state index is 12.8. The van der Waals surface area contributed by atoms with Crippen molar-refractivity contribution in [3.05, 3.63) is 50.8 Å². The Morgan fingerprint density at radius 3 is 2.54 bits per heavy atom. The van der Waals surface area contributed by atoms with E-state index in [2.05, 4.69) is 4.98 Å². The van der Waals surface area contributed by atoms with Crippen LogP contribution in [0.4, 0.5) is 0 Å². The summed E-state index contributed by atoms with van der Waals surface area (Å²) < 4.78 is 4.77. The normalized spacial score (nSPS) is 12.1. The lowest BCUT2D eigenvalue weighted by molar-refractivity contribution is 0.0599. The number of aryl methyl sites for hydroxylation is 1. The minimum Gasteiger partial charge on any atom is -0.465 e. The molecule has 1 aromatic carbocycles. The number of aromatic amines is 1. The first kappa shape index (κ1) is 18.9. The molecule has 1 atom stereocenters.